The van der Waals surface area contributed by atoms with Gasteiger partial charge in [-0.1, -0.05) is 6.07 Å². The van der Waals surface area contributed by atoms with Crippen LogP contribution >= 0.6 is 11.3 Å². The maximum atomic E-state index is 12.6. The number of nitrogens with zero attached hydrogens (tertiary/aromatic N) is 2. The molecule has 156 valence electrons. The average Bonchev–Trinajstić information content (AvgIpc) is 3.28. The molecule has 1 aromatic heterocycles. The number of benzene rings is 1. The van der Waals surface area contributed by atoms with Gasteiger partial charge in [0.25, 0.3) is 0 Å². The lowest BCUT2D eigenvalue weighted by atomic mass is 9.89. The van der Waals surface area contributed by atoms with Gasteiger partial charge in [0.05, 0.1) is 29.7 Å². The summed E-state index contributed by atoms with van der Waals surface area (Å²) in [6, 6.07) is 6.84. The quantitative estimate of drug-likeness (QED) is 0.697. The molecular weight excluding hydrogens is 386 g/mol. The zero-order valence-corrected chi connectivity index (χ0v) is 17.9. The highest BCUT2D eigenvalue weighted by Crippen LogP contribution is 2.38. The molecule has 6 nitrogen and oxygen atoms in total. The SMILES string of the molecule is COCCOC1CCC(NC2CC(=O)N(C)c3ccc(-c4cncs4)cc32)CC1. The molecule has 1 unspecified atom stereocenters. The van der Waals surface area contributed by atoms with Gasteiger partial charge < -0.3 is 19.7 Å². The van der Waals surface area contributed by atoms with Crippen LogP contribution in [0.1, 0.15) is 43.7 Å². The fraction of sp³-hybridized carbons (Fsp3) is 0.545. The molecule has 1 aliphatic carbocycles. The monoisotopic (exact) mass is 415 g/mol. The van der Waals surface area contributed by atoms with Crippen LogP contribution in [-0.2, 0) is 14.3 Å². The normalized spacial score (nSPS) is 24.6. The van der Waals surface area contributed by atoms with Crippen molar-refractivity contribution in [3.05, 3.63) is 35.5 Å². The highest BCUT2D eigenvalue weighted by atomic mass is 32.1. The van der Waals surface area contributed by atoms with Crippen molar-refractivity contribution in [2.75, 3.05) is 32.3 Å². The van der Waals surface area contributed by atoms with Crippen molar-refractivity contribution in [1.82, 2.24) is 10.3 Å². The van der Waals surface area contributed by atoms with E-state index in [-0.39, 0.29) is 11.9 Å². The summed E-state index contributed by atoms with van der Waals surface area (Å²) in [4.78, 5) is 19.7. The average molecular weight is 416 g/mol. The molecule has 2 heterocycles. The van der Waals surface area contributed by atoms with Gasteiger partial charge in [-0.15, -0.1) is 11.3 Å². The zero-order valence-electron chi connectivity index (χ0n) is 17.1. The van der Waals surface area contributed by atoms with E-state index in [4.69, 9.17) is 9.47 Å². The smallest absolute Gasteiger partial charge is 0.228 e. The number of hydrogen-bond acceptors (Lipinski definition) is 6. The predicted octanol–water partition coefficient (Wildman–Crippen LogP) is 3.78. The third-order valence-corrected chi connectivity index (χ3v) is 6.81. The maximum absolute atomic E-state index is 12.6. The number of ether oxygens (including phenoxy) is 2. The first-order valence-corrected chi connectivity index (χ1v) is 11.2. The molecule has 1 amide bonds. The molecule has 1 aromatic carbocycles. The van der Waals surface area contributed by atoms with Crippen LogP contribution in [0.4, 0.5) is 5.69 Å². The molecule has 1 aliphatic heterocycles. The minimum absolute atomic E-state index is 0.0533. The number of aromatic nitrogens is 1. The first-order chi connectivity index (χ1) is 14.2. The van der Waals surface area contributed by atoms with Crippen molar-refractivity contribution in [1.29, 1.82) is 0 Å². The number of hydrogen-bond donors (Lipinski definition) is 1. The summed E-state index contributed by atoms with van der Waals surface area (Å²) < 4.78 is 11.0. The van der Waals surface area contributed by atoms with Crippen molar-refractivity contribution in [3.63, 3.8) is 0 Å². The molecule has 2 aliphatic rings. The molecule has 0 radical (unpaired) electrons. The van der Waals surface area contributed by atoms with Crippen LogP contribution < -0.4 is 10.2 Å². The van der Waals surface area contributed by atoms with Gasteiger partial charge in [-0.2, -0.15) is 0 Å². The Bertz CT molecular complexity index is 819. The minimum atomic E-state index is 0.0533. The Hall–Kier alpha value is -1.80. The zero-order chi connectivity index (χ0) is 20.2. The lowest BCUT2D eigenvalue weighted by Gasteiger charge is -2.37. The van der Waals surface area contributed by atoms with Gasteiger partial charge in [0.2, 0.25) is 5.91 Å². The van der Waals surface area contributed by atoms with Gasteiger partial charge in [0, 0.05) is 44.5 Å². The first kappa shape index (κ1) is 20.5. The van der Waals surface area contributed by atoms with Gasteiger partial charge in [-0.25, -0.2) is 0 Å². The third-order valence-electron chi connectivity index (χ3n) is 5.99. The van der Waals surface area contributed by atoms with E-state index in [1.165, 1.54) is 5.56 Å². The molecule has 7 heteroatoms. The second kappa shape index (κ2) is 9.34. The van der Waals surface area contributed by atoms with Crippen LogP contribution in [0.25, 0.3) is 10.4 Å². The Morgan fingerprint density at radius 2 is 2.07 bits per heavy atom. The lowest BCUT2D eigenvalue weighted by Crippen LogP contribution is -2.43. The maximum Gasteiger partial charge on any atom is 0.228 e. The fourth-order valence-electron chi connectivity index (χ4n) is 4.33. The van der Waals surface area contributed by atoms with Crippen LogP contribution in [-0.4, -0.2) is 50.4 Å². The number of carbonyl (C=O) groups is 1. The number of rotatable bonds is 7. The topological polar surface area (TPSA) is 63.7 Å². The van der Waals surface area contributed by atoms with E-state index in [1.54, 1.807) is 23.3 Å². The molecule has 1 fully saturated rings. The highest BCUT2D eigenvalue weighted by molar-refractivity contribution is 7.13. The van der Waals surface area contributed by atoms with Crippen molar-refractivity contribution in [2.24, 2.45) is 0 Å². The summed E-state index contributed by atoms with van der Waals surface area (Å²) in [7, 11) is 3.57. The van der Waals surface area contributed by atoms with Crippen molar-refractivity contribution in [3.8, 4) is 10.4 Å². The molecule has 1 atom stereocenters. The summed E-state index contributed by atoms with van der Waals surface area (Å²) in [6.07, 6.45) is 6.97. The van der Waals surface area contributed by atoms with Crippen LogP contribution in [0.5, 0.6) is 0 Å². The Morgan fingerprint density at radius 1 is 1.24 bits per heavy atom. The van der Waals surface area contributed by atoms with Gasteiger partial charge in [0.15, 0.2) is 0 Å². The fourth-order valence-corrected chi connectivity index (χ4v) is 4.95. The number of fused-ring (bicyclic) bond motifs is 1. The van der Waals surface area contributed by atoms with Gasteiger partial charge in [0.1, 0.15) is 0 Å². The number of nitrogens with one attached hydrogen (secondary N) is 1. The minimum Gasteiger partial charge on any atom is -0.382 e. The lowest BCUT2D eigenvalue weighted by molar-refractivity contribution is -0.119. The standard InChI is InChI=1S/C22H29N3O3S/c1-25-20-8-3-15(21-13-23-14-29-21)11-18(20)19(12-22(25)26)24-16-4-6-17(7-5-16)28-10-9-27-2/h3,8,11,13-14,16-17,19,24H,4-7,9-10,12H2,1-2H3. The van der Waals surface area contributed by atoms with Gasteiger partial charge in [-0.05, 0) is 48.9 Å². The molecule has 0 saturated heterocycles. The van der Waals surface area contributed by atoms with Crippen molar-refractivity contribution >= 4 is 22.9 Å². The molecule has 0 spiro atoms. The summed E-state index contributed by atoms with van der Waals surface area (Å²) in [5.41, 5.74) is 5.23. The van der Waals surface area contributed by atoms with Crippen LogP contribution in [0.3, 0.4) is 0 Å². The molecule has 2 aromatic rings. The van der Waals surface area contributed by atoms with Crippen LogP contribution in [0, 0.1) is 0 Å². The van der Waals surface area contributed by atoms with Crippen molar-refractivity contribution < 1.29 is 14.3 Å². The van der Waals surface area contributed by atoms with E-state index in [0.717, 1.165) is 41.8 Å². The Balaban J connectivity index is 1.45. The highest BCUT2D eigenvalue weighted by Gasteiger charge is 2.32. The Labute approximate surface area is 176 Å². The molecule has 1 saturated carbocycles. The number of methoxy groups -OCH3 is 1. The molecular formula is C22H29N3O3S. The van der Waals surface area contributed by atoms with Crippen LogP contribution in [0.15, 0.2) is 29.9 Å². The molecule has 4 rings (SSSR count). The third kappa shape index (κ3) is 4.69. The summed E-state index contributed by atoms with van der Waals surface area (Å²) in [5, 5.41) is 3.79. The number of carbonyl (C=O) groups excluding carboxylic acids is 1. The number of anilines is 1. The molecule has 29 heavy (non-hydrogen) atoms. The Kier molecular flexibility index (Phi) is 6.60. The second-order valence-electron chi connectivity index (χ2n) is 7.85. The van der Waals surface area contributed by atoms with E-state index in [0.29, 0.717) is 31.8 Å². The Morgan fingerprint density at radius 3 is 2.79 bits per heavy atom. The van der Waals surface area contributed by atoms with Crippen LogP contribution in [0.2, 0.25) is 0 Å². The second-order valence-corrected chi connectivity index (χ2v) is 8.74. The summed E-state index contributed by atoms with van der Waals surface area (Å²) >= 11 is 1.64. The van der Waals surface area contributed by atoms with E-state index < -0.39 is 0 Å². The summed E-state index contributed by atoms with van der Waals surface area (Å²) in [6.45, 7) is 1.31. The first-order valence-electron chi connectivity index (χ1n) is 10.3. The number of thiazole rings is 1. The van der Waals surface area contributed by atoms with E-state index in [1.807, 2.05) is 18.8 Å². The predicted molar refractivity (Wildman–Crippen MR) is 115 cm³/mol. The van der Waals surface area contributed by atoms with Crippen molar-refractivity contribution in [2.45, 2.75) is 50.3 Å². The summed E-state index contributed by atoms with van der Waals surface area (Å²) in [5.74, 6) is 0.164. The largest absolute Gasteiger partial charge is 0.382 e. The van der Waals surface area contributed by atoms with Gasteiger partial charge >= 0.3 is 0 Å². The number of amides is 1. The van der Waals surface area contributed by atoms with E-state index in [2.05, 4.69) is 28.5 Å². The molecule has 1 N–H and O–H groups in total. The van der Waals surface area contributed by atoms with E-state index >= 15 is 0 Å². The van der Waals surface area contributed by atoms with E-state index in [9.17, 15) is 4.79 Å². The van der Waals surface area contributed by atoms with Gasteiger partial charge in [-0.3, -0.25) is 9.78 Å². The molecule has 0 bridgehead atoms.